The Balaban J connectivity index is 1.58. The fourth-order valence-corrected chi connectivity index (χ4v) is 4.27. The lowest BCUT2D eigenvalue weighted by molar-refractivity contribution is -0.120. The molecule has 0 fully saturated rings. The minimum atomic E-state index is 0.0504. The molecule has 1 aromatic heterocycles. The number of amides is 1. The molecule has 0 aliphatic rings. The van der Waals surface area contributed by atoms with Gasteiger partial charge in [0.05, 0.1) is 6.42 Å². The van der Waals surface area contributed by atoms with Crippen molar-refractivity contribution in [3.63, 3.8) is 0 Å². The quantitative estimate of drug-likeness (QED) is 0.526. The molecule has 0 aliphatic carbocycles. The lowest BCUT2D eigenvalue weighted by Crippen LogP contribution is -2.24. The first kappa shape index (κ1) is 18.7. The van der Waals surface area contributed by atoms with E-state index in [1.54, 1.807) is 11.3 Å². The van der Waals surface area contributed by atoms with Crippen molar-refractivity contribution >= 4 is 29.0 Å². The normalized spacial score (nSPS) is 10.9. The van der Waals surface area contributed by atoms with Crippen molar-refractivity contribution in [1.29, 1.82) is 0 Å². The maximum Gasteiger partial charge on any atom is 0.224 e. The van der Waals surface area contributed by atoms with E-state index in [0.29, 0.717) is 18.2 Å². The van der Waals surface area contributed by atoms with Crippen LogP contribution in [0.2, 0.25) is 0 Å². The van der Waals surface area contributed by atoms with Gasteiger partial charge in [-0.05, 0) is 51.2 Å². The highest BCUT2D eigenvalue weighted by molar-refractivity contribution is 7.99. The second-order valence-electron chi connectivity index (χ2n) is 6.43. The van der Waals surface area contributed by atoms with Crippen LogP contribution in [0.5, 0.6) is 0 Å². The molecule has 0 aliphatic heterocycles. The molecule has 2 aromatic carbocycles. The van der Waals surface area contributed by atoms with Crippen LogP contribution in [0.4, 0.5) is 0 Å². The zero-order valence-electron chi connectivity index (χ0n) is 15.1. The predicted octanol–water partition coefficient (Wildman–Crippen LogP) is 5.77. The Bertz CT molecular complexity index is 839. The van der Waals surface area contributed by atoms with Gasteiger partial charge < -0.3 is 5.32 Å². The molecular formula is C22H23NOS2. The van der Waals surface area contributed by atoms with Gasteiger partial charge in [-0.15, -0.1) is 11.8 Å². The fourth-order valence-electron chi connectivity index (χ4n) is 2.77. The summed E-state index contributed by atoms with van der Waals surface area (Å²) in [5.41, 5.74) is 4.58. The molecule has 1 heterocycles. The molecule has 134 valence electrons. The summed E-state index contributed by atoms with van der Waals surface area (Å²) in [6, 6.07) is 18.6. The van der Waals surface area contributed by atoms with E-state index < -0.39 is 0 Å². The SMILES string of the molecule is CC(C)Sc1ccc(CC(=O)NCc2ccccc2-c2ccsc2)cc1. The maximum absolute atomic E-state index is 12.3. The van der Waals surface area contributed by atoms with Gasteiger partial charge in [-0.3, -0.25) is 4.79 Å². The average Bonchev–Trinajstić information content (AvgIpc) is 3.16. The summed E-state index contributed by atoms with van der Waals surface area (Å²) in [6.45, 7) is 4.91. The number of nitrogens with one attached hydrogen (secondary N) is 1. The minimum Gasteiger partial charge on any atom is -0.352 e. The Labute approximate surface area is 163 Å². The van der Waals surface area contributed by atoms with E-state index in [1.807, 2.05) is 36.0 Å². The van der Waals surface area contributed by atoms with Crippen LogP contribution in [-0.4, -0.2) is 11.2 Å². The average molecular weight is 382 g/mol. The van der Waals surface area contributed by atoms with Crippen molar-refractivity contribution in [2.24, 2.45) is 0 Å². The van der Waals surface area contributed by atoms with Gasteiger partial charge in [0.25, 0.3) is 0 Å². The minimum absolute atomic E-state index is 0.0504. The highest BCUT2D eigenvalue weighted by Crippen LogP contribution is 2.26. The summed E-state index contributed by atoms with van der Waals surface area (Å²) < 4.78 is 0. The molecule has 3 aromatic rings. The van der Waals surface area contributed by atoms with Crippen molar-refractivity contribution in [3.05, 3.63) is 76.5 Å². The highest BCUT2D eigenvalue weighted by Gasteiger charge is 2.08. The third-order valence-corrected chi connectivity index (χ3v) is 5.68. The van der Waals surface area contributed by atoms with Crippen molar-refractivity contribution < 1.29 is 4.79 Å². The first-order chi connectivity index (χ1) is 12.6. The first-order valence-corrected chi connectivity index (χ1v) is 10.6. The standard InChI is InChI=1S/C22H23NOS2/c1-16(2)26-20-9-7-17(8-10-20)13-22(24)23-14-18-5-3-4-6-21(18)19-11-12-25-15-19/h3-12,15-16H,13-14H2,1-2H3,(H,23,24). The molecule has 1 N–H and O–H groups in total. The van der Waals surface area contributed by atoms with E-state index in [-0.39, 0.29) is 5.91 Å². The molecule has 0 unspecified atom stereocenters. The number of rotatable bonds is 7. The summed E-state index contributed by atoms with van der Waals surface area (Å²) in [5, 5.41) is 7.83. The third kappa shape index (κ3) is 5.23. The van der Waals surface area contributed by atoms with E-state index in [0.717, 1.165) is 11.1 Å². The number of carbonyl (C=O) groups is 1. The van der Waals surface area contributed by atoms with Crippen molar-refractivity contribution in [3.8, 4) is 11.1 Å². The van der Waals surface area contributed by atoms with Crippen LogP contribution < -0.4 is 5.32 Å². The summed E-state index contributed by atoms with van der Waals surface area (Å²) in [7, 11) is 0. The Kier molecular flexibility index (Phi) is 6.53. The first-order valence-electron chi connectivity index (χ1n) is 8.74. The largest absolute Gasteiger partial charge is 0.352 e. The third-order valence-electron chi connectivity index (χ3n) is 3.99. The monoisotopic (exact) mass is 381 g/mol. The Morgan fingerprint density at radius 3 is 2.54 bits per heavy atom. The Hall–Kier alpha value is -2.04. The molecule has 0 radical (unpaired) electrons. The number of thiophene rings is 1. The van der Waals surface area contributed by atoms with Crippen molar-refractivity contribution in [1.82, 2.24) is 5.32 Å². The van der Waals surface area contributed by atoms with Gasteiger partial charge in [0.15, 0.2) is 0 Å². The van der Waals surface area contributed by atoms with Gasteiger partial charge in [-0.25, -0.2) is 0 Å². The molecule has 0 saturated carbocycles. The fraction of sp³-hybridized carbons (Fsp3) is 0.227. The van der Waals surface area contributed by atoms with Crippen LogP contribution in [0, 0.1) is 0 Å². The molecule has 3 rings (SSSR count). The van der Waals surface area contributed by atoms with Crippen LogP contribution in [-0.2, 0) is 17.8 Å². The van der Waals surface area contributed by atoms with Crippen LogP contribution in [0.1, 0.15) is 25.0 Å². The van der Waals surface area contributed by atoms with Gasteiger partial charge in [0, 0.05) is 16.7 Å². The lowest BCUT2D eigenvalue weighted by atomic mass is 10.0. The van der Waals surface area contributed by atoms with Crippen LogP contribution in [0.3, 0.4) is 0 Å². The van der Waals surface area contributed by atoms with Crippen molar-refractivity contribution in [2.75, 3.05) is 0 Å². The Morgan fingerprint density at radius 1 is 1.08 bits per heavy atom. The van der Waals surface area contributed by atoms with Gasteiger partial charge in [-0.2, -0.15) is 11.3 Å². The lowest BCUT2D eigenvalue weighted by Gasteiger charge is -2.10. The molecule has 0 atom stereocenters. The van der Waals surface area contributed by atoms with Gasteiger partial charge >= 0.3 is 0 Å². The van der Waals surface area contributed by atoms with E-state index in [2.05, 4.69) is 60.3 Å². The molecule has 0 bridgehead atoms. The zero-order chi connectivity index (χ0) is 18.4. The smallest absolute Gasteiger partial charge is 0.224 e. The number of carbonyl (C=O) groups excluding carboxylic acids is 1. The zero-order valence-corrected chi connectivity index (χ0v) is 16.7. The van der Waals surface area contributed by atoms with Gasteiger partial charge in [0.2, 0.25) is 5.91 Å². The van der Waals surface area contributed by atoms with Gasteiger partial charge in [-0.1, -0.05) is 50.2 Å². The van der Waals surface area contributed by atoms with Crippen LogP contribution in [0.15, 0.2) is 70.3 Å². The number of hydrogen-bond acceptors (Lipinski definition) is 3. The number of thioether (sulfide) groups is 1. The molecule has 1 amide bonds. The summed E-state index contributed by atoms with van der Waals surface area (Å²) in [4.78, 5) is 13.6. The topological polar surface area (TPSA) is 29.1 Å². The molecular weight excluding hydrogens is 358 g/mol. The van der Waals surface area contributed by atoms with Crippen molar-refractivity contribution in [2.45, 2.75) is 37.0 Å². The molecule has 0 spiro atoms. The molecule has 26 heavy (non-hydrogen) atoms. The van der Waals surface area contributed by atoms with E-state index in [4.69, 9.17) is 0 Å². The summed E-state index contributed by atoms with van der Waals surface area (Å²) in [6.07, 6.45) is 0.410. The van der Waals surface area contributed by atoms with E-state index in [9.17, 15) is 4.79 Å². The second kappa shape index (κ2) is 9.06. The summed E-state index contributed by atoms with van der Waals surface area (Å²) in [5.74, 6) is 0.0504. The van der Waals surface area contributed by atoms with Gasteiger partial charge in [0.1, 0.15) is 0 Å². The second-order valence-corrected chi connectivity index (χ2v) is 8.86. The van der Waals surface area contributed by atoms with E-state index >= 15 is 0 Å². The van der Waals surface area contributed by atoms with Crippen LogP contribution in [0.25, 0.3) is 11.1 Å². The van der Waals surface area contributed by atoms with Crippen LogP contribution >= 0.6 is 23.1 Å². The summed E-state index contributed by atoms with van der Waals surface area (Å²) >= 11 is 3.52. The number of hydrogen-bond donors (Lipinski definition) is 1. The molecule has 2 nitrogen and oxygen atoms in total. The maximum atomic E-state index is 12.3. The molecule has 0 saturated heterocycles. The number of benzene rings is 2. The predicted molar refractivity (Wildman–Crippen MR) is 113 cm³/mol. The highest BCUT2D eigenvalue weighted by atomic mass is 32.2. The Morgan fingerprint density at radius 2 is 1.85 bits per heavy atom. The van der Waals surface area contributed by atoms with E-state index in [1.165, 1.54) is 16.0 Å². The molecule has 4 heteroatoms.